The number of fused-ring (bicyclic) bond motifs is 5. The molecule has 0 spiro atoms. The summed E-state index contributed by atoms with van der Waals surface area (Å²) in [4.78, 5) is 12.7. The molecule has 0 bridgehead atoms. The molecular formula is C26H40O2. The van der Waals surface area contributed by atoms with Gasteiger partial charge >= 0.3 is 5.97 Å². The van der Waals surface area contributed by atoms with E-state index in [0.29, 0.717) is 11.3 Å². The van der Waals surface area contributed by atoms with Crippen molar-refractivity contribution in [3.63, 3.8) is 0 Å². The lowest BCUT2D eigenvalue weighted by atomic mass is 9.47. The van der Waals surface area contributed by atoms with E-state index in [-0.39, 0.29) is 11.4 Å². The Hall–Kier alpha value is -1.05. The molecule has 4 aliphatic rings. The van der Waals surface area contributed by atoms with Gasteiger partial charge in [-0.2, -0.15) is 0 Å². The van der Waals surface area contributed by atoms with Gasteiger partial charge in [-0.3, -0.25) is 4.79 Å². The van der Waals surface area contributed by atoms with Crippen LogP contribution in [-0.4, -0.2) is 5.97 Å². The molecule has 0 saturated heterocycles. The highest BCUT2D eigenvalue weighted by molar-refractivity contribution is 5.76. The quantitative estimate of drug-likeness (QED) is 0.376. The van der Waals surface area contributed by atoms with Crippen molar-refractivity contribution < 1.29 is 9.53 Å². The molecule has 0 heterocycles. The largest absolute Gasteiger partial charge is 0.430 e. The molecule has 0 N–H and O–H groups in total. The number of ether oxygens (including phenoxy) is 1. The predicted octanol–water partition coefficient (Wildman–Crippen LogP) is 7.06. The standard InChI is InChI=1S/C26H40O2/c1-7-17-12-14-20-19-13-11-18-9-8-10-22(28-23(27)24(2,3)4)26(18,6)21(19)15-16-25(17,20)5/h9-10,17,19-21H,7-8,11-16H2,1-6H3/t17-,19-,20-,21-,25+,26-/m0/s1. The summed E-state index contributed by atoms with van der Waals surface area (Å²) in [6.07, 6.45) is 14.9. The molecule has 0 aliphatic heterocycles. The van der Waals surface area contributed by atoms with Crippen molar-refractivity contribution >= 4 is 5.97 Å². The Labute approximate surface area is 172 Å². The molecule has 156 valence electrons. The number of esters is 1. The minimum Gasteiger partial charge on any atom is -0.430 e. The highest BCUT2D eigenvalue weighted by Crippen LogP contribution is 2.67. The van der Waals surface area contributed by atoms with Crippen LogP contribution in [-0.2, 0) is 9.53 Å². The molecule has 0 amide bonds. The minimum absolute atomic E-state index is 0.0757. The van der Waals surface area contributed by atoms with E-state index < -0.39 is 5.41 Å². The van der Waals surface area contributed by atoms with E-state index in [1.165, 1.54) is 44.9 Å². The van der Waals surface area contributed by atoms with E-state index in [4.69, 9.17) is 4.74 Å². The summed E-state index contributed by atoms with van der Waals surface area (Å²) in [6, 6.07) is 0. The maximum Gasteiger partial charge on any atom is 0.316 e. The van der Waals surface area contributed by atoms with Gasteiger partial charge in [0.05, 0.1) is 5.41 Å². The van der Waals surface area contributed by atoms with Crippen molar-refractivity contribution in [2.75, 3.05) is 0 Å². The van der Waals surface area contributed by atoms with E-state index >= 15 is 0 Å². The number of hydrogen-bond donors (Lipinski definition) is 0. The van der Waals surface area contributed by atoms with Crippen molar-refractivity contribution in [1.82, 2.24) is 0 Å². The Morgan fingerprint density at radius 3 is 2.54 bits per heavy atom. The summed E-state index contributed by atoms with van der Waals surface area (Å²) >= 11 is 0. The average Bonchev–Trinajstić information content (AvgIpc) is 2.97. The normalized spacial score (nSPS) is 42.6. The molecule has 3 fully saturated rings. The van der Waals surface area contributed by atoms with Crippen LogP contribution in [0.5, 0.6) is 0 Å². The second-order valence-electron chi connectivity index (χ2n) is 11.5. The molecule has 0 aromatic heterocycles. The molecule has 3 saturated carbocycles. The van der Waals surface area contributed by atoms with Crippen LogP contribution < -0.4 is 0 Å². The molecule has 28 heavy (non-hydrogen) atoms. The van der Waals surface area contributed by atoms with Crippen LogP contribution in [0, 0.1) is 39.9 Å². The van der Waals surface area contributed by atoms with Crippen LogP contribution >= 0.6 is 0 Å². The molecule has 2 heteroatoms. The topological polar surface area (TPSA) is 26.3 Å². The van der Waals surface area contributed by atoms with Gasteiger partial charge in [-0.05, 0) is 108 Å². The molecule has 0 radical (unpaired) electrons. The Balaban J connectivity index is 1.65. The first-order valence-corrected chi connectivity index (χ1v) is 11.7. The summed E-state index contributed by atoms with van der Waals surface area (Å²) < 4.78 is 6.14. The third kappa shape index (κ3) is 2.84. The summed E-state index contributed by atoms with van der Waals surface area (Å²) in [5, 5.41) is 0. The van der Waals surface area contributed by atoms with Gasteiger partial charge in [0.25, 0.3) is 0 Å². The van der Waals surface area contributed by atoms with Gasteiger partial charge in [0.2, 0.25) is 0 Å². The molecule has 0 aromatic carbocycles. The lowest BCUT2D eigenvalue weighted by Crippen LogP contribution is -2.51. The van der Waals surface area contributed by atoms with Crippen LogP contribution in [0.25, 0.3) is 0 Å². The number of carbonyl (C=O) groups excluding carboxylic acids is 1. The van der Waals surface area contributed by atoms with Crippen molar-refractivity contribution in [1.29, 1.82) is 0 Å². The van der Waals surface area contributed by atoms with Crippen molar-refractivity contribution in [2.45, 2.75) is 92.9 Å². The zero-order valence-electron chi connectivity index (χ0n) is 18.9. The maximum absolute atomic E-state index is 12.7. The Morgan fingerprint density at radius 1 is 1.11 bits per heavy atom. The number of hydrogen-bond acceptors (Lipinski definition) is 2. The molecule has 0 aromatic rings. The fraction of sp³-hybridized carbons (Fsp3) is 0.808. The van der Waals surface area contributed by atoms with Gasteiger partial charge in [-0.15, -0.1) is 0 Å². The Bertz CT molecular complexity index is 708. The highest BCUT2D eigenvalue weighted by atomic mass is 16.5. The third-order valence-corrected chi connectivity index (χ3v) is 9.28. The lowest BCUT2D eigenvalue weighted by molar-refractivity contribution is -0.152. The Kier molecular flexibility index (Phi) is 4.87. The number of carbonyl (C=O) groups is 1. The predicted molar refractivity (Wildman–Crippen MR) is 114 cm³/mol. The first-order valence-electron chi connectivity index (χ1n) is 11.7. The fourth-order valence-corrected chi connectivity index (χ4v) is 7.58. The summed E-state index contributed by atoms with van der Waals surface area (Å²) in [6.45, 7) is 13.2. The monoisotopic (exact) mass is 384 g/mol. The van der Waals surface area contributed by atoms with Crippen molar-refractivity contribution in [3.05, 3.63) is 23.5 Å². The van der Waals surface area contributed by atoms with E-state index in [9.17, 15) is 4.79 Å². The smallest absolute Gasteiger partial charge is 0.316 e. The fourth-order valence-electron chi connectivity index (χ4n) is 7.58. The average molecular weight is 385 g/mol. The van der Waals surface area contributed by atoms with Crippen LogP contribution in [0.1, 0.15) is 92.9 Å². The molecule has 6 atom stereocenters. The van der Waals surface area contributed by atoms with Crippen LogP contribution in [0.4, 0.5) is 0 Å². The first-order chi connectivity index (χ1) is 13.1. The van der Waals surface area contributed by atoms with Gasteiger partial charge in [-0.25, -0.2) is 0 Å². The highest BCUT2D eigenvalue weighted by Gasteiger charge is 2.59. The van der Waals surface area contributed by atoms with Crippen LogP contribution in [0.15, 0.2) is 23.5 Å². The van der Waals surface area contributed by atoms with E-state index in [0.717, 1.165) is 29.9 Å². The SMILES string of the molecule is CC[C@H]1CC[C@H]2[C@@H]3CCC4=CCC=C(OC(=O)C(C)(C)C)[C@]4(C)[C@H]3CC[C@]12C. The number of allylic oxidation sites excluding steroid dienone is 3. The van der Waals surface area contributed by atoms with Crippen molar-refractivity contribution in [3.8, 4) is 0 Å². The second kappa shape index (κ2) is 6.74. The van der Waals surface area contributed by atoms with Gasteiger partial charge in [-0.1, -0.05) is 31.9 Å². The van der Waals surface area contributed by atoms with Gasteiger partial charge in [0.15, 0.2) is 0 Å². The summed E-state index contributed by atoms with van der Waals surface area (Å²) in [7, 11) is 0. The number of rotatable bonds is 2. The molecule has 0 unspecified atom stereocenters. The van der Waals surface area contributed by atoms with E-state index in [1.54, 1.807) is 5.57 Å². The first kappa shape index (κ1) is 20.2. The van der Waals surface area contributed by atoms with Crippen molar-refractivity contribution in [2.24, 2.45) is 39.9 Å². The summed E-state index contributed by atoms with van der Waals surface area (Å²) in [5.41, 5.74) is 1.54. The minimum atomic E-state index is -0.461. The third-order valence-electron chi connectivity index (χ3n) is 9.28. The van der Waals surface area contributed by atoms with Gasteiger partial charge in [0.1, 0.15) is 5.76 Å². The molecule has 4 rings (SSSR count). The van der Waals surface area contributed by atoms with Gasteiger partial charge in [0, 0.05) is 5.41 Å². The zero-order valence-corrected chi connectivity index (χ0v) is 18.9. The summed E-state index contributed by atoms with van der Waals surface area (Å²) in [5.74, 6) is 4.05. The second-order valence-corrected chi connectivity index (χ2v) is 11.5. The zero-order chi connectivity index (χ0) is 20.3. The van der Waals surface area contributed by atoms with Crippen LogP contribution in [0.3, 0.4) is 0 Å². The maximum atomic E-state index is 12.7. The van der Waals surface area contributed by atoms with Crippen LogP contribution in [0.2, 0.25) is 0 Å². The molecule has 2 nitrogen and oxygen atoms in total. The molecule has 4 aliphatic carbocycles. The van der Waals surface area contributed by atoms with E-state index in [2.05, 4.69) is 32.9 Å². The van der Waals surface area contributed by atoms with Gasteiger partial charge < -0.3 is 4.74 Å². The molecular weight excluding hydrogens is 344 g/mol. The Morgan fingerprint density at radius 2 is 1.86 bits per heavy atom. The lowest BCUT2D eigenvalue weighted by Gasteiger charge is -2.58. The van der Waals surface area contributed by atoms with E-state index in [1.807, 2.05) is 20.8 Å².